The molecule has 6 heteroatoms. The molecule has 1 heterocycles. The molecule has 0 saturated heterocycles. The van der Waals surface area contributed by atoms with Gasteiger partial charge in [0.05, 0.1) is 15.7 Å². The average Bonchev–Trinajstić information content (AvgIpc) is 2.82. The van der Waals surface area contributed by atoms with Crippen molar-refractivity contribution in [3.05, 3.63) is 21.3 Å². The number of amides is 1. The van der Waals surface area contributed by atoms with Crippen LogP contribution in [0, 0.1) is 0 Å². The quantitative estimate of drug-likeness (QED) is 0.772. The number of carbonyl (C=O) groups is 1. The number of hydrogen-bond donors (Lipinski definition) is 2. The van der Waals surface area contributed by atoms with E-state index in [1.807, 2.05) is 26.0 Å². The predicted octanol–water partition coefficient (Wildman–Crippen LogP) is 3.30. The van der Waals surface area contributed by atoms with Crippen molar-refractivity contribution in [2.45, 2.75) is 38.0 Å². The summed E-state index contributed by atoms with van der Waals surface area (Å²) in [6.45, 7) is 4.17. The lowest BCUT2D eigenvalue weighted by Gasteiger charge is -2.25. The Morgan fingerprint density at radius 2 is 2.16 bits per heavy atom. The predicted molar refractivity (Wildman–Crippen MR) is 84.0 cm³/mol. The van der Waals surface area contributed by atoms with E-state index in [-0.39, 0.29) is 5.91 Å². The molecule has 0 atom stereocenters. The molecule has 1 aromatic rings. The zero-order valence-corrected chi connectivity index (χ0v) is 13.6. The highest BCUT2D eigenvalue weighted by Gasteiger charge is 2.22. The average molecular weight is 322 g/mol. The third kappa shape index (κ3) is 6.17. The van der Waals surface area contributed by atoms with Crippen molar-refractivity contribution in [3.63, 3.8) is 0 Å². The molecule has 1 amide bonds. The summed E-state index contributed by atoms with van der Waals surface area (Å²) in [5.74, 6) is 1.16. The largest absolute Gasteiger partial charge is 0.388 e. The Hall–Kier alpha value is -0.230. The number of rotatable bonds is 8. The second kappa shape index (κ2) is 8.15. The number of nitrogens with one attached hydrogen (secondary N) is 1. The van der Waals surface area contributed by atoms with Gasteiger partial charge >= 0.3 is 0 Å². The minimum atomic E-state index is -0.776. The van der Waals surface area contributed by atoms with Crippen LogP contribution < -0.4 is 5.32 Å². The van der Waals surface area contributed by atoms with Crippen molar-refractivity contribution in [2.24, 2.45) is 0 Å². The number of halogens is 1. The SMILES string of the molecule is CCC(O)(CC)CNC(=O)CSCc1ccc(Cl)s1. The summed E-state index contributed by atoms with van der Waals surface area (Å²) >= 11 is 8.92. The molecule has 108 valence electrons. The van der Waals surface area contributed by atoms with E-state index in [9.17, 15) is 9.90 Å². The number of aliphatic hydroxyl groups is 1. The van der Waals surface area contributed by atoms with Crippen LogP contribution in [0.15, 0.2) is 12.1 Å². The number of carbonyl (C=O) groups excluding carboxylic acids is 1. The van der Waals surface area contributed by atoms with Crippen molar-refractivity contribution in [3.8, 4) is 0 Å². The van der Waals surface area contributed by atoms with Gasteiger partial charge in [-0.2, -0.15) is 0 Å². The lowest BCUT2D eigenvalue weighted by atomic mass is 9.98. The smallest absolute Gasteiger partial charge is 0.230 e. The highest BCUT2D eigenvalue weighted by atomic mass is 35.5. The van der Waals surface area contributed by atoms with E-state index in [1.165, 1.54) is 16.2 Å². The molecule has 0 fully saturated rings. The summed E-state index contributed by atoms with van der Waals surface area (Å²) in [6.07, 6.45) is 1.29. The lowest BCUT2D eigenvalue weighted by Crippen LogP contribution is -2.42. The molecule has 0 aliphatic carbocycles. The summed E-state index contributed by atoms with van der Waals surface area (Å²) in [5, 5.41) is 12.8. The molecule has 0 spiro atoms. The highest BCUT2D eigenvalue weighted by Crippen LogP contribution is 2.25. The Labute approximate surface area is 127 Å². The summed E-state index contributed by atoms with van der Waals surface area (Å²) < 4.78 is 0.774. The molecule has 0 aliphatic heterocycles. The first-order valence-corrected chi connectivity index (χ1v) is 8.65. The molecule has 0 bridgehead atoms. The van der Waals surface area contributed by atoms with Gasteiger partial charge < -0.3 is 10.4 Å². The highest BCUT2D eigenvalue weighted by molar-refractivity contribution is 7.99. The maximum Gasteiger partial charge on any atom is 0.230 e. The van der Waals surface area contributed by atoms with Crippen LogP contribution in [-0.4, -0.2) is 28.9 Å². The van der Waals surface area contributed by atoms with Gasteiger partial charge in [-0.05, 0) is 25.0 Å². The molecule has 19 heavy (non-hydrogen) atoms. The minimum Gasteiger partial charge on any atom is -0.388 e. The zero-order valence-electron chi connectivity index (χ0n) is 11.2. The van der Waals surface area contributed by atoms with Gasteiger partial charge in [-0.1, -0.05) is 25.4 Å². The Morgan fingerprint density at radius 1 is 1.47 bits per heavy atom. The Balaban J connectivity index is 2.21. The van der Waals surface area contributed by atoms with Crippen molar-refractivity contribution >= 4 is 40.6 Å². The summed E-state index contributed by atoms with van der Waals surface area (Å²) in [7, 11) is 0. The maximum absolute atomic E-state index is 11.7. The van der Waals surface area contributed by atoms with Crippen LogP contribution in [0.4, 0.5) is 0 Å². The molecular weight excluding hydrogens is 302 g/mol. The van der Waals surface area contributed by atoms with E-state index in [1.54, 1.807) is 11.8 Å². The Kier molecular flexibility index (Phi) is 7.21. The Bertz CT molecular complexity index is 405. The van der Waals surface area contributed by atoms with Crippen molar-refractivity contribution in [1.82, 2.24) is 5.32 Å². The molecule has 3 nitrogen and oxygen atoms in total. The number of thioether (sulfide) groups is 1. The molecular formula is C13H20ClNO2S2. The standard InChI is InChI=1S/C13H20ClNO2S2/c1-3-13(17,4-2)9-15-12(16)8-18-7-10-5-6-11(14)19-10/h5-6,17H,3-4,7-9H2,1-2H3,(H,15,16). The minimum absolute atomic E-state index is 0.0343. The van der Waals surface area contributed by atoms with E-state index in [0.29, 0.717) is 25.1 Å². The molecule has 1 aromatic heterocycles. The van der Waals surface area contributed by atoms with Crippen LogP contribution in [0.1, 0.15) is 31.6 Å². The van der Waals surface area contributed by atoms with Gasteiger partial charge in [0, 0.05) is 17.2 Å². The normalized spacial score (nSPS) is 11.6. The number of thiophene rings is 1. The van der Waals surface area contributed by atoms with Crippen molar-refractivity contribution in [2.75, 3.05) is 12.3 Å². The van der Waals surface area contributed by atoms with Gasteiger partial charge in [-0.25, -0.2) is 0 Å². The third-order valence-corrected chi connectivity index (χ3v) is 5.43. The van der Waals surface area contributed by atoms with Crippen LogP contribution in [0.2, 0.25) is 4.34 Å². The second-order valence-corrected chi connectivity index (χ2v) is 7.19. The molecule has 0 aliphatic rings. The van der Waals surface area contributed by atoms with E-state index in [0.717, 1.165) is 10.1 Å². The fraction of sp³-hybridized carbons (Fsp3) is 0.615. The number of hydrogen-bond acceptors (Lipinski definition) is 4. The monoisotopic (exact) mass is 321 g/mol. The topological polar surface area (TPSA) is 49.3 Å². The summed E-state index contributed by atoms with van der Waals surface area (Å²) in [4.78, 5) is 12.8. The summed E-state index contributed by atoms with van der Waals surface area (Å²) in [6, 6.07) is 3.84. The lowest BCUT2D eigenvalue weighted by molar-refractivity contribution is -0.119. The van der Waals surface area contributed by atoms with E-state index >= 15 is 0 Å². The molecule has 0 aromatic carbocycles. The molecule has 0 unspecified atom stereocenters. The maximum atomic E-state index is 11.7. The van der Waals surface area contributed by atoms with Gasteiger partial charge in [-0.15, -0.1) is 23.1 Å². The van der Waals surface area contributed by atoms with Crippen LogP contribution in [0.25, 0.3) is 0 Å². The van der Waals surface area contributed by atoms with Crippen molar-refractivity contribution < 1.29 is 9.90 Å². The first-order chi connectivity index (χ1) is 8.99. The Morgan fingerprint density at radius 3 is 2.68 bits per heavy atom. The first-order valence-electron chi connectivity index (χ1n) is 6.30. The zero-order chi connectivity index (χ0) is 14.3. The third-order valence-electron chi connectivity index (χ3n) is 3.04. The molecule has 0 radical (unpaired) electrons. The van der Waals surface area contributed by atoms with Gasteiger partial charge in [-0.3, -0.25) is 4.79 Å². The van der Waals surface area contributed by atoms with Gasteiger partial charge in [0.25, 0.3) is 0 Å². The van der Waals surface area contributed by atoms with Crippen LogP contribution in [0.5, 0.6) is 0 Å². The first kappa shape index (κ1) is 16.8. The van der Waals surface area contributed by atoms with E-state index < -0.39 is 5.60 Å². The van der Waals surface area contributed by atoms with E-state index in [4.69, 9.17) is 11.6 Å². The molecule has 2 N–H and O–H groups in total. The van der Waals surface area contributed by atoms with Gasteiger partial charge in [0.1, 0.15) is 0 Å². The summed E-state index contributed by atoms with van der Waals surface area (Å²) in [5.41, 5.74) is -0.776. The fourth-order valence-corrected chi connectivity index (χ4v) is 3.54. The van der Waals surface area contributed by atoms with Gasteiger partial charge in [0.15, 0.2) is 0 Å². The van der Waals surface area contributed by atoms with Crippen molar-refractivity contribution in [1.29, 1.82) is 0 Å². The molecule has 0 saturated carbocycles. The van der Waals surface area contributed by atoms with Crippen LogP contribution >= 0.6 is 34.7 Å². The fourth-order valence-electron chi connectivity index (χ4n) is 1.49. The van der Waals surface area contributed by atoms with Gasteiger partial charge in [0.2, 0.25) is 5.91 Å². The van der Waals surface area contributed by atoms with Crippen LogP contribution in [0.3, 0.4) is 0 Å². The second-order valence-electron chi connectivity index (χ2n) is 4.41. The molecule has 1 rings (SSSR count). The van der Waals surface area contributed by atoms with Crippen LogP contribution in [-0.2, 0) is 10.5 Å². The van der Waals surface area contributed by atoms with E-state index in [2.05, 4.69) is 5.32 Å².